The van der Waals surface area contributed by atoms with Crippen LogP contribution in [0.4, 0.5) is 0 Å². The van der Waals surface area contributed by atoms with Crippen molar-refractivity contribution in [3.63, 3.8) is 0 Å². The first-order chi connectivity index (χ1) is 14.9. The molecule has 184 valence electrons. The van der Waals surface area contributed by atoms with E-state index in [1.54, 1.807) is 0 Å². The molecule has 0 radical (unpaired) electrons. The van der Waals surface area contributed by atoms with Crippen LogP contribution in [0.5, 0.6) is 0 Å². The number of nitrogens with one attached hydrogen (secondary N) is 2. The van der Waals surface area contributed by atoms with Gasteiger partial charge < -0.3 is 0 Å². The van der Waals surface area contributed by atoms with Crippen LogP contribution in [-0.2, 0) is 28.8 Å². The third-order valence-corrected chi connectivity index (χ3v) is 6.32. The molecule has 0 aliphatic carbocycles. The Bertz CT molecular complexity index is 591. The first-order valence-corrected chi connectivity index (χ1v) is 15.2. The number of carboxylic acid groups (broad SMARTS) is 4. The molecule has 0 saturated carbocycles. The van der Waals surface area contributed by atoms with E-state index in [9.17, 15) is 28.8 Å². The number of hydrogen-bond acceptors (Lipinski definition) is 6. The molecular formula is C18H30N2O10Se2. The van der Waals surface area contributed by atoms with Crippen molar-refractivity contribution in [2.75, 3.05) is 0 Å². The van der Waals surface area contributed by atoms with Crippen LogP contribution in [0.1, 0.15) is 38.5 Å². The molecule has 12 nitrogen and oxygen atoms in total. The fourth-order valence-corrected chi connectivity index (χ4v) is 3.94. The molecule has 0 aromatic rings. The van der Waals surface area contributed by atoms with E-state index in [0.29, 0.717) is 42.8 Å². The number of amides is 2. The molecule has 0 spiro atoms. The molecular weight excluding hydrogens is 562 g/mol. The van der Waals surface area contributed by atoms with Gasteiger partial charge in [-0.1, -0.05) is 0 Å². The molecule has 0 aromatic heterocycles. The van der Waals surface area contributed by atoms with Gasteiger partial charge in [-0.15, -0.1) is 0 Å². The summed E-state index contributed by atoms with van der Waals surface area (Å²) in [5.74, 6) is -1.38. The van der Waals surface area contributed by atoms with Crippen molar-refractivity contribution in [3.05, 3.63) is 0 Å². The third-order valence-electron chi connectivity index (χ3n) is 3.62. The van der Waals surface area contributed by atoms with Crippen LogP contribution in [-0.4, -0.2) is 98.1 Å². The number of hydrogen-bond donors (Lipinski definition) is 6. The van der Waals surface area contributed by atoms with Crippen molar-refractivity contribution in [1.82, 2.24) is 10.6 Å². The monoisotopic (exact) mass is 594 g/mol. The Labute approximate surface area is 198 Å². The van der Waals surface area contributed by atoms with Crippen LogP contribution >= 0.6 is 0 Å². The van der Waals surface area contributed by atoms with E-state index >= 15 is 0 Å². The maximum atomic E-state index is 11.2. The summed E-state index contributed by atoms with van der Waals surface area (Å²) >= 11 is 0.721. The molecule has 0 bridgehead atoms. The molecule has 2 atom stereocenters. The number of carboxylic acids is 4. The molecule has 0 aromatic carbocycles. The Morgan fingerprint density at radius 1 is 0.625 bits per heavy atom. The minimum absolute atomic E-state index is 0.184. The predicted molar refractivity (Wildman–Crippen MR) is 115 cm³/mol. The van der Waals surface area contributed by atoms with Crippen molar-refractivity contribution >= 4 is 65.6 Å². The Morgan fingerprint density at radius 2 is 0.938 bits per heavy atom. The Morgan fingerprint density at radius 3 is 1.16 bits per heavy atom. The number of aliphatic carboxylic acids is 4. The summed E-state index contributed by atoms with van der Waals surface area (Å²) in [6, 6.07) is -1.80. The van der Waals surface area contributed by atoms with Gasteiger partial charge in [-0.05, 0) is 0 Å². The average molecular weight is 592 g/mol. The van der Waals surface area contributed by atoms with E-state index in [-0.39, 0.29) is 25.7 Å². The summed E-state index contributed by atoms with van der Waals surface area (Å²) in [6.45, 7) is 0. The number of carbonyl (C=O) groups is 6. The van der Waals surface area contributed by atoms with Gasteiger partial charge in [0.15, 0.2) is 0 Å². The summed E-state index contributed by atoms with van der Waals surface area (Å²) in [5, 5.41) is 40.5. The SMILES string of the molecule is C[Se]CC[C@H](NC(=O)CCC(=O)O)C(=O)O.C[Se]CC[C@H](NC(=O)CCC(=O)O)C(=O)O. The van der Waals surface area contributed by atoms with Gasteiger partial charge >= 0.3 is 198 Å². The van der Waals surface area contributed by atoms with Gasteiger partial charge in [0.05, 0.1) is 0 Å². The van der Waals surface area contributed by atoms with Gasteiger partial charge in [0, 0.05) is 0 Å². The number of carbonyl (C=O) groups excluding carboxylic acids is 2. The molecule has 0 aliphatic rings. The van der Waals surface area contributed by atoms with Crippen LogP contribution in [0, 0.1) is 0 Å². The first kappa shape index (κ1) is 32.0. The van der Waals surface area contributed by atoms with Crippen LogP contribution in [0.25, 0.3) is 0 Å². The molecule has 0 saturated heterocycles. The molecule has 0 rings (SSSR count). The quantitative estimate of drug-likeness (QED) is 0.132. The molecule has 14 heteroatoms. The van der Waals surface area contributed by atoms with E-state index in [1.807, 2.05) is 11.6 Å². The second kappa shape index (κ2) is 19.5. The van der Waals surface area contributed by atoms with E-state index in [4.69, 9.17) is 20.4 Å². The summed E-state index contributed by atoms with van der Waals surface area (Å²) in [6.07, 6.45) is -0.145. The second-order valence-corrected chi connectivity index (χ2v) is 10.4. The summed E-state index contributed by atoms with van der Waals surface area (Å²) in [4.78, 5) is 64.3. The van der Waals surface area contributed by atoms with Gasteiger partial charge in [-0.25, -0.2) is 0 Å². The van der Waals surface area contributed by atoms with E-state index < -0.39 is 47.8 Å². The van der Waals surface area contributed by atoms with E-state index in [1.165, 1.54) is 0 Å². The first-order valence-electron chi connectivity index (χ1n) is 9.40. The number of rotatable bonds is 16. The fraction of sp³-hybridized carbons (Fsp3) is 0.667. The zero-order valence-corrected chi connectivity index (χ0v) is 21.3. The van der Waals surface area contributed by atoms with Crippen LogP contribution < -0.4 is 10.6 Å². The van der Waals surface area contributed by atoms with Gasteiger partial charge in [-0.2, -0.15) is 0 Å². The Balaban J connectivity index is 0. The normalized spacial score (nSPS) is 11.8. The maximum absolute atomic E-state index is 11.2. The van der Waals surface area contributed by atoms with Crippen molar-refractivity contribution in [2.24, 2.45) is 0 Å². The van der Waals surface area contributed by atoms with E-state index in [2.05, 4.69) is 10.6 Å². The zero-order chi connectivity index (χ0) is 25.1. The summed E-state index contributed by atoms with van der Waals surface area (Å²) in [5.41, 5.74) is 0. The third kappa shape index (κ3) is 19.8. The molecule has 0 unspecified atom stereocenters. The molecule has 2 amide bonds. The van der Waals surface area contributed by atoms with Crippen molar-refractivity contribution in [2.45, 2.75) is 72.9 Å². The topological polar surface area (TPSA) is 207 Å². The van der Waals surface area contributed by atoms with Crippen LogP contribution in [0.2, 0.25) is 22.3 Å². The Hall–Kier alpha value is -2.14. The van der Waals surface area contributed by atoms with Gasteiger partial charge in [0.1, 0.15) is 0 Å². The average Bonchev–Trinajstić information content (AvgIpc) is 2.71. The predicted octanol–water partition coefficient (Wildman–Crippen LogP) is -0.0374. The standard InChI is InChI=1S/2C9H15NO5Se/c2*1-16-5-4-6(9(14)15)10-7(11)2-3-8(12)13/h2*6H,2-5H2,1H3,(H,10,11)(H,12,13)(H,14,15)/t2*6-/m00/s1. The Kier molecular flexibility index (Phi) is 19.6. The van der Waals surface area contributed by atoms with Gasteiger partial charge in [0.25, 0.3) is 0 Å². The van der Waals surface area contributed by atoms with Gasteiger partial charge in [0.2, 0.25) is 0 Å². The van der Waals surface area contributed by atoms with Crippen LogP contribution in [0.15, 0.2) is 0 Å². The van der Waals surface area contributed by atoms with Crippen LogP contribution in [0.3, 0.4) is 0 Å². The molecule has 0 heterocycles. The fourth-order valence-electron chi connectivity index (χ4n) is 1.96. The molecule has 32 heavy (non-hydrogen) atoms. The second-order valence-electron chi connectivity index (χ2n) is 6.27. The van der Waals surface area contributed by atoms with E-state index in [0.717, 1.165) is 10.6 Å². The van der Waals surface area contributed by atoms with Gasteiger partial charge in [-0.3, -0.25) is 0 Å². The molecule has 0 fully saturated rings. The zero-order valence-electron chi connectivity index (χ0n) is 17.9. The summed E-state index contributed by atoms with van der Waals surface area (Å²) < 4.78 is 0. The molecule has 6 N–H and O–H groups in total. The molecule has 0 aliphatic heterocycles. The minimum atomic E-state index is -1.08. The summed E-state index contributed by atoms with van der Waals surface area (Å²) in [7, 11) is 0. The van der Waals surface area contributed by atoms with Crippen molar-refractivity contribution in [1.29, 1.82) is 0 Å². The van der Waals surface area contributed by atoms with Crippen molar-refractivity contribution < 1.29 is 49.2 Å². The van der Waals surface area contributed by atoms with Crippen molar-refractivity contribution in [3.8, 4) is 0 Å².